The van der Waals surface area contributed by atoms with Crippen molar-refractivity contribution in [3.05, 3.63) is 49.0 Å². The van der Waals surface area contributed by atoms with E-state index in [-0.39, 0.29) is 0 Å². The molecule has 1 rings (SSSR count). The number of hydrogen-bond donors (Lipinski definition) is 1. The topological polar surface area (TPSA) is 160 Å². The minimum Gasteiger partial charge on any atom is -0.497 e. The van der Waals surface area contributed by atoms with Crippen molar-refractivity contribution in [1.82, 2.24) is 0 Å². The van der Waals surface area contributed by atoms with Gasteiger partial charge in [-0.1, -0.05) is 0 Å². The summed E-state index contributed by atoms with van der Waals surface area (Å²) in [6.07, 6.45) is 0.435. The summed E-state index contributed by atoms with van der Waals surface area (Å²) in [4.78, 5) is 31.8. The quantitative estimate of drug-likeness (QED) is 0.218. The van der Waals surface area contributed by atoms with E-state index in [1.54, 1.807) is 0 Å². The van der Waals surface area contributed by atoms with Crippen molar-refractivity contribution < 1.29 is 24.5 Å². The number of carbonyl (C=O) groups excluding carboxylic acids is 1. The van der Waals surface area contributed by atoms with Crippen LogP contribution in [0.1, 0.15) is 0 Å². The van der Waals surface area contributed by atoms with Crippen LogP contribution in [0.5, 0.6) is 0 Å². The van der Waals surface area contributed by atoms with Gasteiger partial charge in [0.2, 0.25) is 0 Å². The number of nitrogens with zero attached hydrogens (tertiary/aromatic N) is 4. The molecule has 0 atom stereocenters. The summed E-state index contributed by atoms with van der Waals surface area (Å²) in [7, 11) is 0. The van der Waals surface area contributed by atoms with Crippen molar-refractivity contribution in [3.63, 3.8) is 0 Å². The van der Waals surface area contributed by atoms with Crippen LogP contribution in [0.4, 0.5) is 0 Å². The number of aliphatic hydroxyl groups excluding tert-OH is 1. The molecule has 0 saturated carbocycles. The van der Waals surface area contributed by atoms with Crippen molar-refractivity contribution in [2.24, 2.45) is 0 Å². The van der Waals surface area contributed by atoms with Gasteiger partial charge in [-0.05, 0) is 0 Å². The van der Waals surface area contributed by atoms with Crippen LogP contribution < -0.4 is 0 Å². The molecule has 0 heterocycles. The van der Waals surface area contributed by atoms with E-state index >= 15 is 0 Å². The first-order valence-electron chi connectivity index (χ1n) is 3.61. The Morgan fingerprint density at radius 3 is 2.25 bits per heavy atom. The number of hydrogen-bond acceptors (Lipinski definition) is 6. The van der Waals surface area contributed by atoms with E-state index < -0.39 is 38.5 Å². The lowest BCUT2D eigenvalue weighted by atomic mass is 10.0. The molecule has 10 heteroatoms. The molecule has 10 nitrogen and oxygen atoms in total. The summed E-state index contributed by atoms with van der Waals surface area (Å²) in [6.45, 7) is 0. The van der Waals surface area contributed by atoms with Crippen molar-refractivity contribution in [3.8, 4) is 0 Å². The first-order chi connectivity index (χ1) is 7.40. The van der Waals surface area contributed by atoms with Crippen molar-refractivity contribution in [2.75, 3.05) is 0 Å². The van der Waals surface area contributed by atoms with E-state index in [0.717, 1.165) is 0 Å². The second kappa shape index (κ2) is 3.71. The molecule has 0 fully saturated rings. The van der Waals surface area contributed by atoms with Gasteiger partial charge in [-0.3, -0.25) is 25.0 Å². The average molecular weight is 226 g/mol. The SMILES string of the molecule is [N-]=[N+]=C1C=C([N+](=O)[O-])C(O)=C([N+](=O)[O-])C1=O. The Hall–Kier alpha value is -2.87. The van der Waals surface area contributed by atoms with Gasteiger partial charge < -0.3 is 10.6 Å². The largest absolute Gasteiger partial charge is 0.497 e. The van der Waals surface area contributed by atoms with E-state index in [1.807, 2.05) is 0 Å². The summed E-state index contributed by atoms with van der Waals surface area (Å²) in [5, 5.41) is 29.9. The van der Waals surface area contributed by atoms with E-state index in [0.29, 0.717) is 6.08 Å². The molecule has 82 valence electrons. The summed E-state index contributed by atoms with van der Waals surface area (Å²) in [5.41, 5.74) is 4.94. The predicted molar refractivity (Wildman–Crippen MR) is 45.4 cm³/mol. The standard InChI is InChI=1S/C6H2N4O6/c7-8-2-1-3(9(13)14)6(12)4(5(2)11)10(15)16/h1,12H. The van der Waals surface area contributed by atoms with E-state index in [4.69, 9.17) is 10.6 Å². The van der Waals surface area contributed by atoms with Crippen LogP contribution in [0.3, 0.4) is 0 Å². The number of ketones is 1. The third kappa shape index (κ3) is 1.55. The Bertz CT molecular complexity index is 523. The van der Waals surface area contributed by atoms with Gasteiger partial charge in [0.1, 0.15) is 6.08 Å². The molecule has 0 radical (unpaired) electrons. The lowest BCUT2D eigenvalue weighted by molar-refractivity contribution is -0.437. The van der Waals surface area contributed by atoms with Crippen LogP contribution >= 0.6 is 0 Å². The smallest absolute Gasteiger partial charge is 0.376 e. The van der Waals surface area contributed by atoms with Crippen LogP contribution in [0.15, 0.2) is 23.2 Å². The second-order valence-corrected chi connectivity index (χ2v) is 2.56. The third-order valence-electron chi connectivity index (χ3n) is 1.68. The van der Waals surface area contributed by atoms with E-state index in [1.165, 1.54) is 0 Å². The van der Waals surface area contributed by atoms with Crippen molar-refractivity contribution in [2.45, 2.75) is 0 Å². The number of Topliss-reactive ketones (excluding diaryl/α,β-unsaturated/α-hetero) is 1. The Kier molecular flexibility index (Phi) is 2.60. The van der Waals surface area contributed by atoms with Gasteiger partial charge in [-0.2, -0.15) is 4.79 Å². The van der Waals surface area contributed by atoms with Crippen LogP contribution in [-0.4, -0.2) is 31.2 Å². The highest BCUT2D eigenvalue weighted by molar-refractivity contribution is 6.48. The maximum absolute atomic E-state index is 11.2. The van der Waals surface area contributed by atoms with Gasteiger partial charge in [-0.25, -0.2) is 0 Å². The van der Waals surface area contributed by atoms with Crippen LogP contribution in [0.2, 0.25) is 0 Å². The summed E-state index contributed by atoms with van der Waals surface area (Å²) in [6, 6.07) is 0. The second-order valence-electron chi connectivity index (χ2n) is 2.56. The first-order valence-corrected chi connectivity index (χ1v) is 3.61. The molecule has 0 aliphatic heterocycles. The van der Waals surface area contributed by atoms with Gasteiger partial charge in [0.05, 0.1) is 9.85 Å². The molecule has 1 N–H and O–H groups in total. The zero-order valence-electron chi connectivity index (χ0n) is 7.35. The lowest BCUT2D eigenvalue weighted by Gasteiger charge is -2.01. The molecule has 1 aliphatic carbocycles. The molecule has 0 aromatic carbocycles. The number of aliphatic hydroxyl groups is 1. The average Bonchev–Trinajstić information content (AvgIpc) is 2.16. The Balaban J connectivity index is 3.55. The Labute approximate surface area is 86.0 Å². The monoisotopic (exact) mass is 226 g/mol. The molecule has 0 aromatic heterocycles. The molecule has 16 heavy (non-hydrogen) atoms. The molecule has 1 aliphatic rings. The Morgan fingerprint density at radius 2 is 1.88 bits per heavy atom. The fourth-order valence-corrected chi connectivity index (χ4v) is 0.996. The zero-order valence-corrected chi connectivity index (χ0v) is 7.35. The molecule has 0 spiro atoms. The van der Waals surface area contributed by atoms with Gasteiger partial charge >= 0.3 is 22.9 Å². The molecular weight excluding hydrogens is 224 g/mol. The summed E-state index contributed by atoms with van der Waals surface area (Å²) >= 11 is 0. The van der Waals surface area contributed by atoms with Crippen molar-refractivity contribution in [1.29, 1.82) is 0 Å². The van der Waals surface area contributed by atoms with Gasteiger partial charge in [0, 0.05) is 0 Å². The zero-order chi connectivity index (χ0) is 12.5. The maximum Gasteiger partial charge on any atom is 0.376 e. The highest BCUT2D eigenvalue weighted by atomic mass is 16.6. The first kappa shape index (κ1) is 11.2. The number of allylic oxidation sites excluding steroid dienone is 2. The van der Waals surface area contributed by atoms with E-state index in [9.17, 15) is 25.0 Å². The molecule has 0 saturated heterocycles. The lowest BCUT2D eigenvalue weighted by Crippen LogP contribution is -2.28. The highest BCUT2D eigenvalue weighted by Crippen LogP contribution is 2.19. The van der Waals surface area contributed by atoms with Gasteiger partial charge in [0.15, 0.2) is 0 Å². The molecule has 0 bridgehead atoms. The van der Waals surface area contributed by atoms with E-state index in [2.05, 4.69) is 4.79 Å². The minimum atomic E-state index is -1.41. The highest BCUT2D eigenvalue weighted by Gasteiger charge is 2.46. The molecule has 0 amide bonds. The number of carbonyl (C=O) groups is 1. The third-order valence-corrected chi connectivity index (χ3v) is 1.68. The predicted octanol–water partition coefficient (Wildman–Crippen LogP) is -0.553. The van der Waals surface area contributed by atoms with Crippen LogP contribution in [-0.2, 0) is 4.79 Å². The van der Waals surface area contributed by atoms with Crippen LogP contribution in [0.25, 0.3) is 5.53 Å². The number of nitro groups is 2. The minimum absolute atomic E-state index is 0.435. The van der Waals surface area contributed by atoms with Crippen LogP contribution in [0, 0.1) is 20.2 Å². The normalized spacial score (nSPS) is 15.6. The van der Waals surface area contributed by atoms with Gasteiger partial charge in [0.25, 0.3) is 5.76 Å². The maximum atomic E-state index is 11.2. The summed E-state index contributed by atoms with van der Waals surface area (Å²) < 4.78 is 0. The number of rotatable bonds is 2. The fourth-order valence-electron chi connectivity index (χ4n) is 0.996. The Morgan fingerprint density at radius 1 is 1.31 bits per heavy atom. The van der Waals surface area contributed by atoms with Gasteiger partial charge in [-0.15, -0.1) is 0 Å². The molecular formula is C6H2N4O6. The van der Waals surface area contributed by atoms with Crippen molar-refractivity contribution >= 4 is 11.5 Å². The molecule has 0 unspecified atom stereocenters. The molecule has 0 aromatic rings. The summed E-state index contributed by atoms with van der Waals surface area (Å²) in [5.74, 6) is -2.77. The fraction of sp³-hybridized carbons (Fsp3) is 0.